The molecule has 2 aromatic carbocycles. The Balaban J connectivity index is 1.34. The first kappa shape index (κ1) is 21.2. The van der Waals surface area contributed by atoms with Gasteiger partial charge in [-0.05, 0) is 73.6 Å². The van der Waals surface area contributed by atoms with Crippen LogP contribution in [0.3, 0.4) is 0 Å². The van der Waals surface area contributed by atoms with Crippen LogP contribution in [0.4, 0.5) is 5.69 Å². The highest BCUT2D eigenvalue weighted by atomic mass is 35.5. The van der Waals surface area contributed by atoms with Gasteiger partial charge in [-0.1, -0.05) is 42.5 Å². The molecule has 2 aromatic rings. The molecule has 1 N–H and O–H groups in total. The maximum Gasteiger partial charge on any atom is 0.271 e. The van der Waals surface area contributed by atoms with E-state index in [0.29, 0.717) is 21.0 Å². The zero-order chi connectivity index (χ0) is 21.0. The quantitative estimate of drug-likeness (QED) is 0.444. The van der Waals surface area contributed by atoms with Crippen molar-refractivity contribution in [1.29, 1.82) is 0 Å². The van der Waals surface area contributed by atoms with E-state index in [0.717, 1.165) is 24.3 Å². The summed E-state index contributed by atoms with van der Waals surface area (Å²) in [5.74, 6) is -0.291. The van der Waals surface area contributed by atoms with Crippen LogP contribution in [0.25, 0.3) is 0 Å². The molecule has 2 aliphatic rings. The molecule has 158 valence electrons. The molecule has 4 rings (SSSR count). The Labute approximate surface area is 188 Å². The van der Waals surface area contributed by atoms with E-state index in [1.165, 1.54) is 44.9 Å². The van der Waals surface area contributed by atoms with Gasteiger partial charge in [-0.15, -0.1) is 0 Å². The summed E-state index contributed by atoms with van der Waals surface area (Å²) in [6.45, 7) is 2.20. The van der Waals surface area contributed by atoms with Crippen molar-refractivity contribution >= 4 is 41.0 Å². The summed E-state index contributed by atoms with van der Waals surface area (Å²) < 4.78 is 0. The average Bonchev–Trinajstić information content (AvgIpc) is 2.76. The van der Waals surface area contributed by atoms with Crippen molar-refractivity contribution in [3.05, 3.63) is 63.6 Å². The fourth-order valence-electron chi connectivity index (χ4n) is 4.68. The zero-order valence-electron chi connectivity index (χ0n) is 17.0. The average molecular weight is 444 g/mol. The molecule has 1 saturated carbocycles. The second-order valence-corrected chi connectivity index (χ2v) is 9.30. The van der Waals surface area contributed by atoms with E-state index in [4.69, 9.17) is 23.2 Å². The van der Waals surface area contributed by atoms with E-state index in [-0.39, 0.29) is 5.91 Å². The lowest BCUT2D eigenvalue weighted by Crippen LogP contribution is -2.41. The molecule has 0 aromatic heterocycles. The van der Waals surface area contributed by atoms with Crippen molar-refractivity contribution < 1.29 is 4.79 Å². The molecule has 1 heterocycles. The summed E-state index contributed by atoms with van der Waals surface area (Å²) >= 11 is 12.3. The molecule has 1 spiro atoms. The molecule has 0 radical (unpaired) electrons. The SMILES string of the molecule is O=C(NN=Cc1ccc(N2CCC3(CCCCC3)CC2)cc1Cl)c1ccc(Cl)cc1. The Morgan fingerprint density at radius 2 is 1.67 bits per heavy atom. The highest BCUT2D eigenvalue weighted by molar-refractivity contribution is 6.33. The molecule has 1 aliphatic heterocycles. The van der Waals surface area contributed by atoms with E-state index in [9.17, 15) is 4.79 Å². The number of benzene rings is 2. The van der Waals surface area contributed by atoms with Crippen LogP contribution in [0.1, 0.15) is 60.9 Å². The topological polar surface area (TPSA) is 44.7 Å². The number of hydrazone groups is 1. The first-order valence-corrected chi connectivity index (χ1v) is 11.4. The van der Waals surface area contributed by atoms with Crippen molar-refractivity contribution in [2.24, 2.45) is 10.5 Å². The van der Waals surface area contributed by atoms with Gasteiger partial charge in [0.2, 0.25) is 0 Å². The van der Waals surface area contributed by atoms with E-state index >= 15 is 0 Å². The highest BCUT2D eigenvalue weighted by Gasteiger charge is 2.35. The van der Waals surface area contributed by atoms with E-state index in [1.807, 2.05) is 12.1 Å². The van der Waals surface area contributed by atoms with Crippen molar-refractivity contribution in [3.63, 3.8) is 0 Å². The molecular weight excluding hydrogens is 417 g/mol. The van der Waals surface area contributed by atoms with E-state index < -0.39 is 0 Å². The molecule has 4 nitrogen and oxygen atoms in total. The minimum atomic E-state index is -0.291. The van der Waals surface area contributed by atoms with Crippen molar-refractivity contribution in [1.82, 2.24) is 5.43 Å². The Bertz CT molecular complexity index is 911. The van der Waals surface area contributed by atoms with Crippen LogP contribution in [0.5, 0.6) is 0 Å². The lowest BCUT2D eigenvalue weighted by atomic mass is 9.68. The minimum absolute atomic E-state index is 0.291. The summed E-state index contributed by atoms with van der Waals surface area (Å²) in [5.41, 5.74) is 5.55. The van der Waals surface area contributed by atoms with Crippen molar-refractivity contribution in [3.8, 4) is 0 Å². The van der Waals surface area contributed by atoms with Gasteiger partial charge < -0.3 is 4.90 Å². The van der Waals surface area contributed by atoms with Crippen LogP contribution in [0.15, 0.2) is 47.6 Å². The lowest BCUT2D eigenvalue weighted by molar-refractivity contribution is 0.0955. The number of carbonyl (C=O) groups excluding carboxylic acids is 1. The van der Waals surface area contributed by atoms with Gasteiger partial charge in [0.1, 0.15) is 0 Å². The number of anilines is 1. The summed E-state index contributed by atoms with van der Waals surface area (Å²) in [6.07, 6.45) is 11.1. The maximum absolute atomic E-state index is 12.1. The van der Waals surface area contributed by atoms with Crippen LogP contribution in [0, 0.1) is 5.41 Å². The van der Waals surface area contributed by atoms with Crippen LogP contribution < -0.4 is 10.3 Å². The summed E-state index contributed by atoms with van der Waals surface area (Å²) in [5, 5.41) is 5.27. The van der Waals surface area contributed by atoms with E-state index in [1.54, 1.807) is 30.5 Å². The predicted octanol–water partition coefficient (Wildman–Crippen LogP) is 6.31. The maximum atomic E-state index is 12.1. The van der Waals surface area contributed by atoms with Crippen molar-refractivity contribution in [2.45, 2.75) is 44.9 Å². The number of hydrogen-bond donors (Lipinski definition) is 1. The predicted molar refractivity (Wildman–Crippen MR) is 125 cm³/mol. The van der Waals surface area contributed by atoms with E-state index in [2.05, 4.69) is 21.5 Å². The lowest BCUT2D eigenvalue weighted by Gasteiger charge is -2.45. The molecule has 0 bridgehead atoms. The molecule has 1 amide bonds. The number of halogens is 2. The normalized spacial score (nSPS) is 18.7. The third-order valence-corrected chi connectivity index (χ3v) is 7.14. The molecule has 0 unspecified atom stereocenters. The van der Waals surface area contributed by atoms with Gasteiger partial charge in [0, 0.05) is 34.9 Å². The standard InChI is InChI=1S/C24H27Cl2N3O/c25-20-7-4-18(5-8-20)23(30)28-27-17-19-6-9-21(16-22(19)26)29-14-12-24(13-15-29)10-2-1-3-11-24/h4-9,16-17H,1-3,10-15H2,(H,28,30). The van der Waals surface area contributed by atoms with Crippen LogP contribution in [-0.2, 0) is 0 Å². The Kier molecular flexibility index (Phi) is 6.64. The Morgan fingerprint density at radius 3 is 2.33 bits per heavy atom. The molecular formula is C24H27Cl2N3O. The molecule has 30 heavy (non-hydrogen) atoms. The molecule has 6 heteroatoms. The Morgan fingerprint density at radius 1 is 0.967 bits per heavy atom. The second kappa shape index (κ2) is 9.40. The van der Waals surface area contributed by atoms with Crippen LogP contribution in [0.2, 0.25) is 10.0 Å². The first-order chi connectivity index (χ1) is 14.5. The van der Waals surface area contributed by atoms with Gasteiger partial charge in [0.25, 0.3) is 5.91 Å². The zero-order valence-corrected chi connectivity index (χ0v) is 18.6. The van der Waals surface area contributed by atoms with Crippen LogP contribution in [-0.4, -0.2) is 25.2 Å². The molecule has 0 atom stereocenters. The van der Waals surface area contributed by atoms with Gasteiger partial charge in [-0.25, -0.2) is 5.43 Å². The first-order valence-electron chi connectivity index (χ1n) is 10.7. The number of rotatable bonds is 4. The molecule has 1 aliphatic carbocycles. The van der Waals surface area contributed by atoms with Gasteiger partial charge in [0.15, 0.2) is 0 Å². The minimum Gasteiger partial charge on any atom is -0.371 e. The monoisotopic (exact) mass is 443 g/mol. The fourth-order valence-corrected chi connectivity index (χ4v) is 5.03. The summed E-state index contributed by atoms with van der Waals surface area (Å²) in [4.78, 5) is 14.6. The largest absolute Gasteiger partial charge is 0.371 e. The highest BCUT2D eigenvalue weighted by Crippen LogP contribution is 2.45. The third kappa shape index (κ3) is 4.98. The number of carbonyl (C=O) groups is 1. The van der Waals surface area contributed by atoms with Crippen molar-refractivity contribution in [2.75, 3.05) is 18.0 Å². The van der Waals surface area contributed by atoms with Gasteiger partial charge in [0.05, 0.1) is 11.2 Å². The molecule has 2 fully saturated rings. The second-order valence-electron chi connectivity index (χ2n) is 8.46. The van der Waals surface area contributed by atoms with Gasteiger partial charge in [-0.2, -0.15) is 5.10 Å². The molecule has 1 saturated heterocycles. The van der Waals surface area contributed by atoms with Gasteiger partial charge in [-0.3, -0.25) is 4.79 Å². The summed E-state index contributed by atoms with van der Waals surface area (Å²) in [6, 6.07) is 12.7. The van der Waals surface area contributed by atoms with Gasteiger partial charge >= 0.3 is 0 Å². The Hall–Kier alpha value is -2.04. The van der Waals surface area contributed by atoms with Crippen LogP contribution >= 0.6 is 23.2 Å². The number of hydrogen-bond acceptors (Lipinski definition) is 3. The number of nitrogens with one attached hydrogen (secondary N) is 1. The number of piperidine rings is 1. The summed E-state index contributed by atoms with van der Waals surface area (Å²) in [7, 11) is 0. The fraction of sp³-hybridized carbons (Fsp3) is 0.417. The number of nitrogens with zero attached hydrogens (tertiary/aromatic N) is 2. The number of amides is 1. The smallest absolute Gasteiger partial charge is 0.271 e. The third-order valence-electron chi connectivity index (χ3n) is 6.56.